The highest BCUT2D eigenvalue weighted by atomic mass is 19.1. The summed E-state index contributed by atoms with van der Waals surface area (Å²) >= 11 is 0. The van der Waals surface area contributed by atoms with Crippen LogP contribution >= 0.6 is 0 Å². The van der Waals surface area contributed by atoms with Gasteiger partial charge in [-0.25, -0.2) is 13.6 Å². The lowest BCUT2D eigenvalue weighted by Gasteiger charge is -2.20. The average Bonchev–Trinajstić information content (AvgIpc) is 3.56. The summed E-state index contributed by atoms with van der Waals surface area (Å²) in [7, 11) is 0. The van der Waals surface area contributed by atoms with E-state index in [9.17, 15) is 37.5 Å². The maximum absolute atomic E-state index is 13.9. The van der Waals surface area contributed by atoms with Crippen molar-refractivity contribution in [2.24, 2.45) is 5.92 Å². The van der Waals surface area contributed by atoms with Gasteiger partial charge in [0.15, 0.2) is 12.4 Å². The van der Waals surface area contributed by atoms with Crippen molar-refractivity contribution in [2.75, 3.05) is 19.7 Å². The van der Waals surface area contributed by atoms with Crippen LogP contribution in [-0.4, -0.2) is 66.0 Å². The zero-order valence-corrected chi connectivity index (χ0v) is 20.9. The van der Waals surface area contributed by atoms with Crippen molar-refractivity contribution >= 4 is 46.2 Å². The summed E-state index contributed by atoms with van der Waals surface area (Å²) in [6, 6.07) is 9.23. The number of carbonyl (C=O) groups excluding carboxylic acids is 6. The second-order valence-corrected chi connectivity index (χ2v) is 9.09. The van der Waals surface area contributed by atoms with Crippen LogP contribution < -0.4 is 16.0 Å². The van der Waals surface area contributed by atoms with Gasteiger partial charge in [0.1, 0.15) is 17.3 Å². The van der Waals surface area contributed by atoms with E-state index in [1.54, 1.807) is 18.2 Å². The van der Waals surface area contributed by atoms with Crippen molar-refractivity contribution in [3.05, 3.63) is 71.4 Å². The number of Topliss-reactive ketones (excluding diaryl/α,β-unsaturated/α-hetero) is 2. The second kappa shape index (κ2) is 12.3. The molecule has 3 aromatic rings. The Kier molecular flexibility index (Phi) is 8.62. The van der Waals surface area contributed by atoms with E-state index in [1.165, 1.54) is 18.2 Å². The van der Waals surface area contributed by atoms with Gasteiger partial charge in [0.2, 0.25) is 11.8 Å². The van der Waals surface area contributed by atoms with E-state index in [0.717, 1.165) is 6.07 Å². The number of aromatic nitrogens is 1. The van der Waals surface area contributed by atoms with Crippen molar-refractivity contribution in [1.29, 1.82) is 0 Å². The van der Waals surface area contributed by atoms with Crippen LogP contribution in [-0.2, 0) is 23.9 Å². The summed E-state index contributed by atoms with van der Waals surface area (Å²) < 4.78 is 32.2. The van der Waals surface area contributed by atoms with Crippen molar-refractivity contribution in [2.45, 2.75) is 18.9 Å². The minimum Gasteiger partial charge on any atom is -0.452 e. The predicted molar refractivity (Wildman–Crippen MR) is 135 cm³/mol. The molecule has 13 heteroatoms. The summed E-state index contributed by atoms with van der Waals surface area (Å²) in [5.74, 6) is -7.18. The van der Waals surface area contributed by atoms with Crippen molar-refractivity contribution in [1.82, 2.24) is 20.9 Å². The number of rotatable bonds is 11. The van der Waals surface area contributed by atoms with Crippen molar-refractivity contribution in [3.8, 4) is 0 Å². The summed E-state index contributed by atoms with van der Waals surface area (Å²) in [5.41, 5.74) is -0.139. The minimum absolute atomic E-state index is 0.0750. The first kappa shape index (κ1) is 28.1. The molecule has 3 amide bonds. The lowest BCUT2D eigenvalue weighted by molar-refractivity contribution is -0.144. The molecular formula is C27H24F2N4O7. The first-order valence-electron chi connectivity index (χ1n) is 12.2. The summed E-state index contributed by atoms with van der Waals surface area (Å²) in [5, 5.41) is 7.47. The number of carbonyl (C=O) groups is 6. The fourth-order valence-electron chi connectivity index (χ4n) is 4.22. The SMILES string of the molecule is O=C(CNC(=O)c1cc2cc(F)cc(F)c2[nH]1)NC(C[C@@H]1CCNC1=O)C(=O)COC(=O)C(=O)c1ccccc1. The molecule has 0 spiro atoms. The zero-order chi connectivity index (χ0) is 28.8. The first-order valence-corrected chi connectivity index (χ1v) is 12.2. The molecule has 1 aromatic heterocycles. The fourth-order valence-corrected chi connectivity index (χ4v) is 4.22. The standard InChI is InChI=1S/C27H24F2N4O7/c28-17-8-16-10-20(33-23(16)18(29)11-17)26(38)31-12-22(35)32-19(9-15-6-7-30-25(15)37)21(34)13-40-27(39)24(36)14-4-2-1-3-5-14/h1-5,8,10-11,15,19,33H,6-7,9,12-13H2,(H,30,37)(H,31,38)(H,32,35)/t15-,19?/m0/s1. The van der Waals surface area contributed by atoms with Crippen LogP contribution in [0.25, 0.3) is 10.9 Å². The van der Waals surface area contributed by atoms with Crippen LogP contribution in [0.15, 0.2) is 48.5 Å². The lowest BCUT2D eigenvalue weighted by Crippen LogP contribution is -2.48. The smallest absolute Gasteiger partial charge is 0.380 e. The third kappa shape index (κ3) is 6.73. The number of esters is 1. The maximum atomic E-state index is 13.9. The molecule has 1 aliphatic heterocycles. The molecule has 1 fully saturated rings. The highest BCUT2D eigenvalue weighted by molar-refractivity contribution is 6.40. The third-order valence-electron chi connectivity index (χ3n) is 6.27. The number of fused-ring (bicyclic) bond motifs is 1. The lowest BCUT2D eigenvalue weighted by atomic mass is 9.96. The highest BCUT2D eigenvalue weighted by Crippen LogP contribution is 2.20. The Balaban J connectivity index is 1.36. The molecule has 2 heterocycles. The van der Waals surface area contributed by atoms with Crippen LogP contribution in [0.2, 0.25) is 0 Å². The van der Waals surface area contributed by atoms with Gasteiger partial charge in [-0.05, 0) is 25.0 Å². The molecule has 11 nitrogen and oxygen atoms in total. The number of aromatic amines is 1. The van der Waals surface area contributed by atoms with E-state index in [2.05, 4.69) is 20.9 Å². The molecule has 1 saturated heterocycles. The molecule has 1 aliphatic rings. The second-order valence-electron chi connectivity index (χ2n) is 9.09. The Morgan fingerprint density at radius 3 is 2.50 bits per heavy atom. The molecule has 40 heavy (non-hydrogen) atoms. The van der Waals surface area contributed by atoms with Gasteiger partial charge in [0, 0.05) is 29.5 Å². The molecule has 4 N–H and O–H groups in total. The Morgan fingerprint density at radius 2 is 1.80 bits per heavy atom. The van der Waals surface area contributed by atoms with Crippen LogP contribution in [0, 0.1) is 17.6 Å². The average molecular weight is 555 g/mol. The predicted octanol–water partition coefficient (Wildman–Crippen LogP) is 1.18. The molecule has 2 atom stereocenters. The van der Waals surface area contributed by atoms with Gasteiger partial charge < -0.3 is 25.7 Å². The van der Waals surface area contributed by atoms with Crippen molar-refractivity contribution in [3.63, 3.8) is 0 Å². The number of H-pyrrole nitrogens is 1. The first-order chi connectivity index (χ1) is 19.1. The van der Waals surface area contributed by atoms with Gasteiger partial charge in [-0.1, -0.05) is 30.3 Å². The van der Waals surface area contributed by atoms with Crippen LogP contribution in [0.5, 0.6) is 0 Å². The van der Waals surface area contributed by atoms with Gasteiger partial charge >= 0.3 is 5.97 Å². The molecular weight excluding hydrogens is 530 g/mol. The number of hydrogen-bond donors (Lipinski definition) is 4. The Bertz CT molecular complexity index is 1490. The minimum atomic E-state index is -1.26. The van der Waals surface area contributed by atoms with Crippen LogP contribution in [0.3, 0.4) is 0 Å². The molecule has 1 unspecified atom stereocenters. The van der Waals surface area contributed by atoms with E-state index >= 15 is 0 Å². The third-order valence-corrected chi connectivity index (χ3v) is 6.27. The molecule has 4 rings (SSSR count). The van der Waals surface area contributed by atoms with E-state index in [1.807, 2.05) is 0 Å². The van der Waals surface area contributed by atoms with E-state index in [0.29, 0.717) is 19.0 Å². The van der Waals surface area contributed by atoms with Crippen LogP contribution in [0.4, 0.5) is 8.78 Å². The number of hydrogen-bond acceptors (Lipinski definition) is 7. The number of ketones is 2. The van der Waals surface area contributed by atoms with Gasteiger partial charge in [-0.15, -0.1) is 0 Å². The molecule has 0 radical (unpaired) electrons. The quantitative estimate of drug-likeness (QED) is 0.157. The van der Waals surface area contributed by atoms with E-state index in [4.69, 9.17) is 4.74 Å². The molecule has 208 valence electrons. The Morgan fingerprint density at radius 1 is 1.05 bits per heavy atom. The molecule has 0 aliphatic carbocycles. The highest BCUT2D eigenvalue weighted by Gasteiger charge is 2.32. The molecule has 0 saturated carbocycles. The summed E-state index contributed by atoms with van der Waals surface area (Å²) in [6.45, 7) is -1.04. The van der Waals surface area contributed by atoms with Gasteiger partial charge in [-0.3, -0.25) is 24.0 Å². The van der Waals surface area contributed by atoms with E-state index < -0.39 is 66.1 Å². The normalized spacial score (nSPS) is 15.2. The van der Waals surface area contributed by atoms with Gasteiger partial charge in [0.25, 0.3) is 11.7 Å². The van der Waals surface area contributed by atoms with Crippen molar-refractivity contribution < 1.29 is 42.3 Å². The molecule has 0 bridgehead atoms. The van der Waals surface area contributed by atoms with Gasteiger partial charge in [-0.2, -0.15) is 0 Å². The Hall–Kier alpha value is -4.94. The summed E-state index contributed by atoms with van der Waals surface area (Å²) in [6.07, 6.45) is 0.320. The zero-order valence-electron chi connectivity index (χ0n) is 20.9. The summed E-state index contributed by atoms with van der Waals surface area (Å²) in [4.78, 5) is 76.8. The number of ether oxygens (including phenoxy) is 1. The number of halogens is 2. The largest absolute Gasteiger partial charge is 0.452 e. The van der Waals surface area contributed by atoms with Gasteiger partial charge in [0.05, 0.1) is 18.1 Å². The topological polar surface area (TPSA) is 164 Å². The molecule has 2 aromatic carbocycles. The van der Waals surface area contributed by atoms with Crippen LogP contribution in [0.1, 0.15) is 33.7 Å². The number of benzene rings is 2. The number of nitrogens with one attached hydrogen (secondary N) is 4. The monoisotopic (exact) mass is 554 g/mol. The maximum Gasteiger partial charge on any atom is 0.380 e. The Labute approximate surface area is 225 Å². The fraction of sp³-hybridized carbons (Fsp3) is 0.259. The number of amides is 3. The van der Waals surface area contributed by atoms with E-state index in [-0.39, 0.29) is 34.5 Å².